The zero-order valence-corrected chi connectivity index (χ0v) is 22.3. The Labute approximate surface area is 223 Å². The third-order valence-corrected chi connectivity index (χ3v) is 7.76. The van der Waals surface area contributed by atoms with Crippen molar-refractivity contribution in [1.82, 2.24) is 0 Å². The third-order valence-electron chi connectivity index (χ3n) is 7.76. The number of hydrogen-bond donors (Lipinski definition) is 0. The van der Waals surface area contributed by atoms with Gasteiger partial charge in [0.25, 0.3) is 0 Å². The number of benzene rings is 5. The summed E-state index contributed by atoms with van der Waals surface area (Å²) in [7, 11) is 4.29. The number of rotatable bonds is 4. The van der Waals surface area contributed by atoms with Crippen molar-refractivity contribution in [1.29, 1.82) is 0 Å². The molecule has 0 N–H and O–H groups in total. The first-order chi connectivity index (χ1) is 18.3. The number of fused-ring (bicyclic) bond motifs is 1. The molecule has 0 spiro atoms. The van der Waals surface area contributed by atoms with E-state index in [1.54, 1.807) is 0 Å². The normalized spacial score (nSPS) is 14.9. The molecule has 0 radical (unpaired) electrons. The maximum atomic E-state index is 4.75. The van der Waals surface area contributed by atoms with Crippen LogP contribution in [0.1, 0.15) is 19.4 Å². The Bertz CT molecular complexity index is 1730. The van der Waals surface area contributed by atoms with Crippen molar-refractivity contribution in [2.45, 2.75) is 26.4 Å². The summed E-state index contributed by atoms with van der Waals surface area (Å²) in [6, 6.07) is 30.7. The van der Waals surface area contributed by atoms with Crippen LogP contribution in [-0.2, 0) is 0 Å². The second-order valence-electron chi connectivity index (χ2n) is 10.3. The summed E-state index contributed by atoms with van der Waals surface area (Å²) >= 11 is 0. The van der Waals surface area contributed by atoms with Gasteiger partial charge in [0.15, 0.2) is 0 Å². The van der Waals surface area contributed by atoms with Crippen molar-refractivity contribution in [3.8, 4) is 0 Å². The minimum absolute atomic E-state index is 0.137. The summed E-state index contributed by atoms with van der Waals surface area (Å²) in [6.07, 6.45) is 0. The van der Waals surface area contributed by atoms with Crippen LogP contribution in [0.5, 0.6) is 0 Å². The van der Waals surface area contributed by atoms with Crippen molar-refractivity contribution in [2.75, 3.05) is 23.9 Å². The fourth-order valence-corrected chi connectivity index (χ4v) is 5.17. The van der Waals surface area contributed by atoms with Crippen LogP contribution in [0, 0.1) is 6.92 Å². The van der Waals surface area contributed by atoms with Gasteiger partial charge >= 0.3 is 0 Å². The first-order valence-corrected chi connectivity index (χ1v) is 12.8. The van der Waals surface area contributed by atoms with Crippen LogP contribution in [0.2, 0.25) is 0 Å². The van der Waals surface area contributed by atoms with Gasteiger partial charge in [-0.3, -0.25) is 0 Å². The topological polar surface area (TPSA) is 55.9 Å². The summed E-state index contributed by atoms with van der Waals surface area (Å²) in [5, 5.41) is 22.7. The molecule has 0 saturated heterocycles. The van der Waals surface area contributed by atoms with Crippen LogP contribution in [0.3, 0.4) is 0 Å². The molecule has 0 bridgehead atoms. The summed E-state index contributed by atoms with van der Waals surface area (Å²) in [4.78, 5) is 4.64. The highest BCUT2D eigenvalue weighted by molar-refractivity contribution is 6.10. The molecule has 0 aromatic heterocycles. The molecule has 0 fully saturated rings. The average molecular weight is 499 g/mol. The Morgan fingerprint density at radius 3 is 1.74 bits per heavy atom. The molecule has 0 amide bonds. The zero-order chi connectivity index (χ0) is 26.4. The van der Waals surface area contributed by atoms with Crippen molar-refractivity contribution < 1.29 is 0 Å². The second-order valence-corrected chi connectivity index (χ2v) is 10.3. The monoisotopic (exact) mass is 498 g/mol. The minimum atomic E-state index is -0.137. The van der Waals surface area contributed by atoms with Gasteiger partial charge in [0.05, 0.1) is 22.7 Å². The number of azo groups is 2. The van der Waals surface area contributed by atoms with Gasteiger partial charge in [-0.1, -0.05) is 48.5 Å². The van der Waals surface area contributed by atoms with Gasteiger partial charge in [-0.05, 0) is 68.8 Å². The van der Waals surface area contributed by atoms with E-state index in [1.165, 1.54) is 16.8 Å². The van der Waals surface area contributed by atoms with Gasteiger partial charge in [-0.2, -0.15) is 5.11 Å². The minimum Gasteiger partial charge on any atom is -0.352 e. The standard InChI is InChI=1S/C32H30N6/c1-21-10-8-11-22(20-21)33-34-26-16-17-27(24-13-7-6-12-23(24)26)35-36-28-18-19-30-31-25(28)14-9-15-29(31)37(4)32(2,3)38(30)5/h6-20H,1-5H3. The van der Waals surface area contributed by atoms with Crippen LogP contribution in [0.4, 0.5) is 34.1 Å². The Morgan fingerprint density at radius 1 is 0.553 bits per heavy atom. The summed E-state index contributed by atoms with van der Waals surface area (Å²) < 4.78 is 0. The molecule has 0 atom stereocenters. The van der Waals surface area contributed by atoms with E-state index in [0.717, 1.165) is 44.5 Å². The van der Waals surface area contributed by atoms with Crippen LogP contribution in [0.25, 0.3) is 21.5 Å². The lowest BCUT2D eigenvalue weighted by Crippen LogP contribution is -2.56. The van der Waals surface area contributed by atoms with Gasteiger partial charge in [-0.15, -0.1) is 15.3 Å². The highest BCUT2D eigenvalue weighted by Gasteiger charge is 2.35. The molecule has 1 aliphatic heterocycles. The third kappa shape index (κ3) is 3.89. The van der Waals surface area contributed by atoms with Crippen LogP contribution in [-0.4, -0.2) is 19.8 Å². The van der Waals surface area contributed by atoms with E-state index in [1.807, 2.05) is 42.5 Å². The smallest absolute Gasteiger partial charge is 0.106 e. The van der Waals surface area contributed by atoms with E-state index in [2.05, 4.69) is 103 Å². The first kappa shape index (κ1) is 23.8. The molecule has 5 aromatic rings. The molecule has 5 aromatic carbocycles. The molecular weight excluding hydrogens is 468 g/mol. The maximum absolute atomic E-state index is 4.75. The molecule has 6 rings (SSSR count). The van der Waals surface area contributed by atoms with Gasteiger partial charge in [0.1, 0.15) is 5.66 Å². The first-order valence-electron chi connectivity index (χ1n) is 12.8. The van der Waals surface area contributed by atoms with E-state index in [-0.39, 0.29) is 5.66 Å². The lowest BCUT2D eigenvalue weighted by atomic mass is 9.97. The molecule has 1 aliphatic rings. The summed E-state index contributed by atoms with van der Waals surface area (Å²) in [5.74, 6) is 0. The van der Waals surface area contributed by atoms with E-state index < -0.39 is 0 Å². The SMILES string of the molecule is Cc1cccc(N=Nc2ccc(N=Nc3ccc4c5c(cccc35)N(C)C(C)(C)N4C)c3ccccc23)c1. The maximum Gasteiger partial charge on any atom is 0.106 e. The average Bonchev–Trinajstić information content (AvgIpc) is 2.93. The molecule has 1 heterocycles. The Hall–Kier alpha value is -4.58. The van der Waals surface area contributed by atoms with E-state index in [0.29, 0.717) is 0 Å². The molecule has 6 heteroatoms. The molecule has 188 valence electrons. The van der Waals surface area contributed by atoms with Gasteiger partial charge in [0, 0.05) is 47.0 Å². The molecule has 6 nitrogen and oxygen atoms in total. The van der Waals surface area contributed by atoms with E-state index in [4.69, 9.17) is 10.2 Å². The molecular formula is C32H30N6. The van der Waals surface area contributed by atoms with Crippen molar-refractivity contribution in [3.63, 3.8) is 0 Å². The van der Waals surface area contributed by atoms with Crippen LogP contribution < -0.4 is 9.80 Å². The van der Waals surface area contributed by atoms with Crippen molar-refractivity contribution >= 4 is 55.7 Å². The quantitative estimate of drug-likeness (QED) is 0.232. The van der Waals surface area contributed by atoms with Crippen LogP contribution in [0.15, 0.2) is 111 Å². The second kappa shape index (κ2) is 9.06. The molecule has 0 saturated carbocycles. The predicted molar refractivity (Wildman–Crippen MR) is 158 cm³/mol. The lowest BCUT2D eigenvalue weighted by molar-refractivity contribution is 0.474. The Balaban J connectivity index is 1.40. The fraction of sp³-hybridized carbons (Fsp3) is 0.188. The number of hydrogen-bond acceptors (Lipinski definition) is 6. The van der Waals surface area contributed by atoms with Gasteiger partial charge < -0.3 is 9.80 Å². The van der Waals surface area contributed by atoms with Crippen molar-refractivity contribution in [3.05, 3.63) is 96.6 Å². The van der Waals surface area contributed by atoms with E-state index in [9.17, 15) is 0 Å². The van der Waals surface area contributed by atoms with E-state index >= 15 is 0 Å². The largest absolute Gasteiger partial charge is 0.352 e. The number of anilines is 2. The molecule has 0 aliphatic carbocycles. The van der Waals surface area contributed by atoms with Gasteiger partial charge in [0.2, 0.25) is 0 Å². The lowest BCUT2D eigenvalue weighted by Gasteiger charge is -2.49. The van der Waals surface area contributed by atoms with Crippen molar-refractivity contribution in [2.24, 2.45) is 20.5 Å². The predicted octanol–water partition coefficient (Wildman–Crippen LogP) is 9.75. The summed E-state index contributed by atoms with van der Waals surface area (Å²) in [6.45, 7) is 6.52. The summed E-state index contributed by atoms with van der Waals surface area (Å²) in [5.41, 5.74) is 6.70. The highest BCUT2D eigenvalue weighted by atomic mass is 15.4. The number of nitrogens with zero attached hydrogens (tertiary/aromatic N) is 6. The molecule has 38 heavy (non-hydrogen) atoms. The molecule has 0 unspecified atom stereocenters. The van der Waals surface area contributed by atoms with Gasteiger partial charge in [-0.25, -0.2) is 0 Å². The zero-order valence-electron chi connectivity index (χ0n) is 22.3. The Morgan fingerprint density at radius 2 is 1.08 bits per heavy atom. The number of aryl methyl sites for hydroxylation is 1. The Kier molecular flexibility index (Phi) is 5.68. The highest BCUT2D eigenvalue weighted by Crippen LogP contribution is 2.47. The van der Waals surface area contributed by atoms with Crippen LogP contribution >= 0.6 is 0 Å². The fourth-order valence-electron chi connectivity index (χ4n) is 5.17.